The van der Waals surface area contributed by atoms with Gasteiger partial charge in [0.2, 0.25) is 0 Å². The molecular weight excluding hydrogens is 376 g/mol. The fraction of sp³-hybridized carbons (Fsp3) is 0.560. The summed E-state index contributed by atoms with van der Waals surface area (Å²) in [6.45, 7) is 7.39. The van der Waals surface area contributed by atoms with Gasteiger partial charge in [-0.25, -0.2) is 4.79 Å². The Bertz CT molecular complexity index is 812. The lowest BCUT2D eigenvalue weighted by atomic mass is 9.96. The fourth-order valence-corrected chi connectivity index (χ4v) is 4.93. The van der Waals surface area contributed by atoms with Crippen molar-refractivity contribution >= 4 is 28.6 Å². The van der Waals surface area contributed by atoms with E-state index in [1.165, 1.54) is 46.1 Å². The summed E-state index contributed by atoms with van der Waals surface area (Å²) in [5.41, 5.74) is 2.70. The normalized spacial score (nSPS) is 15.0. The summed E-state index contributed by atoms with van der Waals surface area (Å²) in [5.74, 6) is 1.82. The van der Waals surface area contributed by atoms with Crippen molar-refractivity contribution in [3.8, 4) is 0 Å². The van der Waals surface area contributed by atoms with E-state index in [9.17, 15) is 4.79 Å². The molecule has 0 aromatic heterocycles. The Labute approximate surface area is 180 Å². The van der Waals surface area contributed by atoms with E-state index < -0.39 is 0 Å². The highest BCUT2D eigenvalue weighted by Gasteiger charge is 2.15. The van der Waals surface area contributed by atoms with Gasteiger partial charge in [0.1, 0.15) is 0 Å². The standard InChI is InChI=1S/C25H36N2OS/c1-4-19-14-20-10-11-23(29-17-18(2)3)16-24(20)21(15-19)12-13-26-25(28)27-22-8-6-5-7-9-22/h10-11,14-16,18,22H,4-9,12-13,17H2,1-3H3,(H2,26,27,28). The minimum absolute atomic E-state index is 0.0129. The molecule has 3 nitrogen and oxygen atoms in total. The number of benzene rings is 2. The zero-order chi connectivity index (χ0) is 20.6. The maximum atomic E-state index is 12.3. The molecule has 0 saturated heterocycles. The van der Waals surface area contributed by atoms with Crippen molar-refractivity contribution in [2.45, 2.75) is 76.7 Å². The van der Waals surface area contributed by atoms with Crippen LogP contribution in [0.4, 0.5) is 4.79 Å². The largest absolute Gasteiger partial charge is 0.338 e. The van der Waals surface area contributed by atoms with Crippen LogP contribution in [0.15, 0.2) is 35.2 Å². The summed E-state index contributed by atoms with van der Waals surface area (Å²) in [6.07, 6.45) is 7.90. The van der Waals surface area contributed by atoms with Crippen LogP contribution in [-0.2, 0) is 12.8 Å². The summed E-state index contributed by atoms with van der Waals surface area (Å²) < 4.78 is 0. The highest BCUT2D eigenvalue weighted by Crippen LogP contribution is 2.29. The Morgan fingerprint density at radius 1 is 1.14 bits per heavy atom. The van der Waals surface area contributed by atoms with Crippen LogP contribution in [0.5, 0.6) is 0 Å². The van der Waals surface area contributed by atoms with Gasteiger partial charge in [0, 0.05) is 23.2 Å². The second-order valence-corrected chi connectivity index (χ2v) is 9.77. The summed E-state index contributed by atoms with van der Waals surface area (Å²) in [4.78, 5) is 13.6. The molecule has 0 atom stereocenters. The van der Waals surface area contributed by atoms with Gasteiger partial charge >= 0.3 is 6.03 Å². The number of rotatable bonds is 8. The number of hydrogen-bond donors (Lipinski definition) is 2. The van der Waals surface area contributed by atoms with Gasteiger partial charge in [-0.1, -0.05) is 58.2 Å². The number of carbonyl (C=O) groups excluding carboxylic acids is 1. The van der Waals surface area contributed by atoms with Crippen LogP contribution >= 0.6 is 11.8 Å². The number of urea groups is 1. The lowest BCUT2D eigenvalue weighted by Gasteiger charge is -2.22. The maximum Gasteiger partial charge on any atom is 0.315 e. The van der Waals surface area contributed by atoms with Crippen molar-refractivity contribution in [1.82, 2.24) is 10.6 Å². The molecule has 1 aliphatic rings. The minimum Gasteiger partial charge on any atom is -0.338 e. The van der Waals surface area contributed by atoms with E-state index >= 15 is 0 Å². The first-order valence-corrected chi connectivity index (χ1v) is 12.3. The molecule has 4 heteroatoms. The minimum atomic E-state index is -0.0129. The molecule has 1 aliphatic carbocycles. The van der Waals surface area contributed by atoms with Crippen molar-refractivity contribution in [3.63, 3.8) is 0 Å². The topological polar surface area (TPSA) is 41.1 Å². The van der Waals surface area contributed by atoms with Crippen LogP contribution in [0.3, 0.4) is 0 Å². The first-order valence-electron chi connectivity index (χ1n) is 11.3. The molecule has 158 valence electrons. The molecule has 0 aliphatic heterocycles. The van der Waals surface area contributed by atoms with Gasteiger partial charge in [0.25, 0.3) is 0 Å². The number of aryl methyl sites for hydroxylation is 1. The molecule has 3 rings (SSSR count). The Kier molecular flexibility index (Phi) is 8.29. The van der Waals surface area contributed by atoms with E-state index in [2.05, 4.69) is 61.7 Å². The van der Waals surface area contributed by atoms with E-state index in [0.29, 0.717) is 18.5 Å². The van der Waals surface area contributed by atoms with Gasteiger partial charge in [0.15, 0.2) is 0 Å². The number of carbonyl (C=O) groups is 1. The Balaban J connectivity index is 1.65. The van der Waals surface area contributed by atoms with Gasteiger partial charge < -0.3 is 10.6 Å². The lowest BCUT2D eigenvalue weighted by Crippen LogP contribution is -2.43. The summed E-state index contributed by atoms with van der Waals surface area (Å²) in [6, 6.07) is 11.8. The molecule has 0 bridgehead atoms. The molecule has 0 radical (unpaired) electrons. The summed E-state index contributed by atoms with van der Waals surface area (Å²) >= 11 is 1.93. The molecule has 2 N–H and O–H groups in total. The van der Waals surface area contributed by atoms with Crippen molar-refractivity contribution in [2.24, 2.45) is 5.92 Å². The van der Waals surface area contributed by atoms with Gasteiger partial charge in [-0.15, -0.1) is 11.8 Å². The molecule has 0 unspecified atom stereocenters. The average Bonchev–Trinajstić information content (AvgIpc) is 2.72. The van der Waals surface area contributed by atoms with Crippen LogP contribution in [0.1, 0.15) is 64.0 Å². The average molecular weight is 413 g/mol. The Hall–Kier alpha value is -1.68. The van der Waals surface area contributed by atoms with Crippen LogP contribution < -0.4 is 10.6 Å². The van der Waals surface area contributed by atoms with Gasteiger partial charge in [-0.3, -0.25) is 0 Å². The third-order valence-electron chi connectivity index (χ3n) is 5.68. The predicted octanol–water partition coefficient (Wildman–Crippen LogP) is 6.32. The van der Waals surface area contributed by atoms with Crippen LogP contribution in [0.25, 0.3) is 10.8 Å². The van der Waals surface area contributed by atoms with E-state index in [0.717, 1.165) is 31.4 Å². The van der Waals surface area contributed by atoms with Crippen molar-refractivity contribution in [1.29, 1.82) is 0 Å². The van der Waals surface area contributed by atoms with Crippen molar-refractivity contribution < 1.29 is 4.79 Å². The maximum absolute atomic E-state index is 12.3. The molecular formula is C25H36N2OS. The smallest absolute Gasteiger partial charge is 0.315 e. The first kappa shape index (κ1) is 22.0. The molecule has 1 fully saturated rings. The number of nitrogens with one attached hydrogen (secondary N) is 2. The van der Waals surface area contributed by atoms with Crippen LogP contribution in [-0.4, -0.2) is 24.4 Å². The van der Waals surface area contributed by atoms with Gasteiger partial charge in [0.05, 0.1) is 0 Å². The van der Waals surface area contributed by atoms with E-state index in [-0.39, 0.29) is 6.03 Å². The zero-order valence-electron chi connectivity index (χ0n) is 18.2. The number of thioether (sulfide) groups is 1. The molecule has 2 aromatic rings. The SMILES string of the molecule is CCc1cc(CCNC(=O)NC2CCCCC2)c2cc(SCC(C)C)ccc2c1. The molecule has 1 saturated carbocycles. The lowest BCUT2D eigenvalue weighted by molar-refractivity contribution is 0.233. The summed E-state index contributed by atoms with van der Waals surface area (Å²) in [5, 5.41) is 8.86. The van der Waals surface area contributed by atoms with E-state index in [1.807, 2.05) is 11.8 Å². The van der Waals surface area contributed by atoms with Crippen molar-refractivity contribution in [2.75, 3.05) is 12.3 Å². The fourth-order valence-electron chi connectivity index (χ4n) is 4.04. The third kappa shape index (κ3) is 6.67. The quantitative estimate of drug-likeness (QED) is 0.498. The van der Waals surface area contributed by atoms with Crippen LogP contribution in [0, 0.1) is 5.92 Å². The highest BCUT2D eigenvalue weighted by atomic mass is 32.2. The van der Waals surface area contributed by atoms with Crippen molar-refractivity contribution in [3.05, 3.63) is 41.5 Å². The van der Waals surface area contributed by atoms with E-state index in [1.54, 1.807) is 0 Å². The zero-order valence-corrected chi connectivity index (χ0v) is 19.0. The monoisotopic (exact) mass is 412 g/mol. The number of amides is 2. The third-order valence-corrected chi connectivity index (χ3v) is 7.10. The highest BCUT2D eigenvalue weighted by molar-refractivity contribution is 7.99. The van der Waals surface area contributed by atoms with Gasteiger partial charge in [-0.05, 0) is 65.6 Å². The number of fused-ring (bicyclic) bond motifs is 1. The molecule has 29 heavy (non-hydrogen) atoms. The number of hydrogen-bond acceptors (Lipinski definition) is 2. The Morgan fingerprint density at radius 2 is 1.93 bits per heavy atom. The predicted molar refractivity (Wildman–Crippen MR) is 126 cm³/mol. The molecule has 2 amide bonds. The van der Waals surface area contributed by atoms with E-state index in [4.69, 9.17) is 0 Å². The van der Waals surface area contributed by atoms with Gasteiger partial charge in [-0.2, -0.15) is 0 Å². The first-order chi connectivity index (χ1) is 14.0. The second kappa shape index (κ2) is 10.9. The molecule has 2 aromatic carbocycles. The second-order valence-electron chi connectivity index (χ2n) is 8.68. The summed E-state index contributed by atoms with van der Waals surface area (Å²) in [7, 11) is 0. The van der Waals surface area contributed by atoms with Crippen LogP contribution in [0.2, 0.25) is 0 Å². The molecule has 0 spiro atoms. The molecule has 0 heterocycles. The Morgan fingerprint density at radius 3 is 2.66 bits per heavy atom.